The summed E-state index contributed by atoms with van der Waals surface area (Å²) in [6, 6.07) is 7.88. The van der Waals surface area contributed by atoms with Crippen molar-refractivity contribution in [2.24, 2.45) is 0 Å². The molecule has 0 saturated heterocycles. The Labute approximate surface area is 133 Å². The summed E-state index contributed by atoms with van der Waals surface area (Å²) in [6.07, 6.45) is 6.97. The molecular formula is C16H17ClN2OS. The number of carbonyl (C=O) groups is 1. The predicted molar refractivity (Wildman–Crippen MR) is 89.2 cm³/mol. The average Bonchev–Trinajstić information content (AvgIpc) is 2.95. The van der Waals surface area contributed by atoms with Crippen LogP contribution < -0.4 is 5.32 Å². The van der Waals surface area contributed by atoms with Gasteiger partial charge in [-0.05, 0) is 30.9 Å². The van der Waals surface area contributed by atoms with Crippen LogP contribution >= 0.6 is 23.4 Å². The van der Waals surface area contributed by atoms with Crippen molar-refractivity contribution in [3.63, 3.8) is 0 Å². The first kappa shape index (κ1) is 14.7. The van der Waals surface area contributed by atoms with Gasteiger partial charge in [-0.3, -0.25) is 4.79 Å². The lowest BCUT2D eigenvalue weighted by Gasteiger charge is -2.14. The van der Waals surface area contributed by atoms with Gasteiger partial charge >= 0.3 is 0 Å². The zero-order valence-electron chi connectivity index (χ0n) is 11.8. The second kappa shape index (κ2) is 6.24. The number of rotatable bonds is 3. The number of halogens is 1. The highest BCUT2D eigenvalue weighted by Gasteiger charge is 2.26. The molecule has 1 amide bonds. The number of hydrogen-bond acceptors (Lipinski definition) is 3. The molecule has 1 N–H and O–H groups in total. The van der Waals surface area contributed by atoms with E-state index in [0.717, 1.165) is 23.6 Å². The number of amides is 1. The minimum Gasteiger partial charge on any atom is -0.349 e. The Balaban J connectivity index is 1.84. The second-order valence-electron chi connectivity index (χ2n) is 5.35. The first-order valence-electron chi connectivity index (χ1n) is 7.06. The molecular weight excluding hydrogens is 304 g/mol. The smallest absolute Gasteiger partial charge is 0.253 e. The van der Waals surface area contributed by atoms with Gasteiger partial charge in [-0.15, -0.1) is 0 Å². The van der Waals surface area contributed by atoms with Gasteiger partial charge in [-0.1, -0.05) is 35.9 Å². The molecule has 1 aromatic carbocycles. The summed E-state index contributed by atoms with van der Waals surface area (Å²) in [6.45, 7) is 0. The number of nitrogens with zero attached hydrogens (tertiary/aromatic N) is 1. The first-order chi connectivity index (χ1) is 10.2. The van der Waals surface area contributed by atoms with Crippen LogP contribution in [0.2, 0.25) is 5.15 Å². The highest BCUT2D eigenvalue weighted by atomic mass is 35.5. The fourth-order valence-corrected chi connectivity index (χ4v) is 3.90. The van der Waals surface area contributed by atoms with Crippen molar-refractivity contribution in [3.8, 4) is 0 Å². The molecule has 2 atom stereocenters. The van der Waals surface area contributed by atoms with Gasteiger partial charge in [-0.2, -0.15) is 11.8 Å². The van der Waals surface area contributed by atoms with Crippen molar-refractivity contribution in [2.45, 2.75) is 30.6 Å². The lowest BCUT2D eigenvalue weighted by molar-refractivity contribution is 0.0939. The minimum absolute atomic E-state index is 0.0536. The Morgan fingerprint density at radius 3 is 2.81 bits per heavy atom. The molecule has 1 aliphatic carbocycles. The molecule has 0 radical (unpaired) electrons. The SMILES string of the molecule is CSC1CCC(NC(=O)c2cnc(Cl)c3ccccc23)C1. The van der Waals surface area contributed by atoms with E-state index in [1.165, 1.54) is 6.42 Å². The van der Waals surface area contributed by atoms with Gasteiger partial charge in [0.25, 0.3) is 5.91 Å². The highest BCUT2D eigenvalue weighted by molar-refractivity contribution is 7.99. The normalized spacial score (nSPS) is 21.6. The maximum Gasteiger partial charge on any atom is 0.253 e. The summed E-state index contributed by atoms with van der Waals surface area (Å²) in [5.74, 6) is -0.0536. The van der Waals surface area contributed by atoms with Crippen LogP contribution in [0.15, 0.2) is 30.5 Å². The Morgan fingerprint density at radius 2 is 2.10 bits per heavy atom. The molecule has 3 rings (SSSR count). The van der Waals surface area contributed by atoms with Crippen LogP contribution in [-0.2, 0) is 0 Å². The Kier molecular flexibility index (Phi) is 4.36. The molecule has 2 aromatic rings. The van der Waals surface area contributed by atoms with Crippen molar-refractivity contribution in [1.82, 2.24) is 10.3 Å². The minimum atomic E-state index is -0.0536. The van der Waals surface area contributed by atoms with E-state index >= 15 is 0 Å². The molecule has 0 spiro atoms. The molecule has 2 unspecified atom stereocenters. The van der Waals surface area contributed by atoms with Crippen LogP contribution in [0.1, 0.15) is 29.6 Å². The average molecular weight is 321 g/mol. The molecule has 1 aromatic heterocycles. The van der Waals surface area contributed by atoms with Crippen LogP contribution in [0.5, 0.6) is 0 Å². The third-order valence-corrected chi connectivity index (χ3v) is 5.44. The van der Waals surface area contributed by atoms with Crippen molar-refractivity contribution in [2.75, 3.05) is 6.26 Å². The van der Waals surface area contributed by atoms with Crippen molar-refractivity contribution >= 4 is 40.0 Å². The summed E-state index contributed by atoms with van der Waals surface area (Å²) < 4.78 is 0. The molecule has 5 heteroatoms. The Bertz CT molecular complexity index is 676. The van der Waals surface area contributed by atoms with E-state index in [1.807, 2.05) is 36.0 Å². The van der Waals surface area contributed by atoms with Gasteiger partial charge < -0.3 is 5.32 Å². The van der Waals surface area contributed by atoms with Crippen molar-refractivity contribution in [1.29, 1.82) is 0 Å². The number of nitrogens with one attached hydrogen (secondary N) is 1. The molecule has 0 aliphatic heterocycles. The predicted octanol–water partition coefficient (Wildman–Crippen LogP) is 3.90. The summed E-state index contributed by atoms with van der Waals surface area (Å²) >= 11 is 7.98. The topological polar surface area (TPSA) is 42.0 Å². The highest BCUT2D eigenvalue weighted by Crippen LogP contribution is 2.29. The number of hydrogen-bond donors (Lipinski definition) is 1. The van der Waals surface area contributed by atoms with Gasteiger partial charge in [-0.25, -0.2) is 4.98 Å². The first-order valence-corrected chi connectivity index (χ1v) is 8.72. The van der Waals surface area contributed by atoms with Crippen LogP contribution in [0.4, 0.5) is 0 Å². The second-order valence-corrected chi connectivity index (χ2v) is 6.85. The zero-order valence-corrected chi connectivity index (χ0v) is 13.4. The number of carbonyl (C=O) groups excluding carboxylic acids is 1. The monoisotopic (exact) mass is 320 g/mol. The number of benzene rings is 1. The summed E-state index contributed by atoms with van der Waals surface area (Å²) in [7, 11) is 0. The number of fused-ring (bicyclic) bond motifs is 1. The summed E-state index contributed by atoms with van der Waals surface area (Å²) in [4.78, 5) is 16.7. The van der Waals surface area contributed by atoms with Crippen LogP contribution in [0.3, 0.4) is 0 Å². The molecule has 1 heterocycles. The van der Waals surface area contributed by atoms with E-state index in [9.17, 15) is 4.79 Å². The van der Waals surface area contributed by atoms with Gasteiger partial charge in [0.2, 0.25) is 0 Å². The van der Waals surface area contributed by atoms with Crippen molar-refractivity contribution < 1.29 is 4.79 Å². The van der Waals surface area contributed by atoms with E-state index in [2.05, 4.69) is 16.6 Å². The third kappa shape index (κ3) is 3.01. The van der Waals surface area contributed by atoms with E-state index in [-0.39, 0.29) is 11.9 Å². The fraction of sp³-hybridized carbons (Fsp3) is 0.375. The van der Waals surface area contributed by atoms with Gasteiger partial charge in [0.1, 0.15) is 5.15 Å². The fourth-order valence-electron chi connectivity index (χ4n) is 2.89. The van der Waals surface area contributed by atoms with Crippen LogP contribution in [-0.4, -0.2) is 28.4 Å². The zero-order chi connectivity index (χ0) is 14.8. The molecule has 3 nitrogen and oxygen atoms in total. The molecule has 110 valence electrons. The number of aromatic nitrogens is 1. The van der Waals surface area contributed by atoms with E-state index in [1.54, 1.807) is 6.20 Å². The van der Waals surface area contributed by atoms with Gasteiger partial charge in [0.15, 0.2) is 0 Å². The van der Waals surface area contributed by atoms with E-state index in [4.69, 9.17) is 11.6 Å². The number of thioether (sulfide) groups is 1. The quantitative estimate of drug-likeness (QED) is 0.872. The Hall–Kier alpha value is -1.26. The summed E-state index contributed by atoms with van der Waals surface area (Å²) in [5.41, 5.74) is 0.600. The maximum absolute atomic E-state index is 12.5. The number of pyridine rings is 1. The van der Waals surface area contributed by atoms with Crippen molar-refractivity contribution in [3.05, 3.63) is 41.2 Å². The summed E-state index contributed by atoms with van der Waals surface area (Å²) in [5, 5.41) is 5.91. The maximum atomic E-state index is 12.5. The van der Waals surface area contributed by atoms with Gasteiger partial charge in [0.05, 0.1) is 5.56 Å². The van der Waals surface area contributed by atoms with E-state index in [0.29, 0.717) is 16.0 Å². The van der Waals surface area contributed by atoms with Crippen LogP contribution in [0, 0.1) is 0 Å². The molecule has 21 heavy (non-hydrogen) atoms. The molecule has 0 bridgehead atoms. The largest absolute Gasteiger partial charge is 0.349 e. The standard InChI is InChI=1S/C16H17ClN2OS/c1-21-11-7-6-10(8-11)19-16(20)14-9-18-15(17)13-5-3-2-4-12(13)14/h2-5,9-11H,6-8H2,1H3,(H,19,20). The lowest BCUT2D eigenvalue weighted by atomic mass is 10.1. The molecule has 1 saturated carbocycles. The van der Waals surface area contributed by atoms with Gasteiger partial charge in [0, 0.05) is 22.9 Å². The van der Waals surface area contributed by atoms with E-state index < -0.39 is 0 Å². The molecule has 1 aliphatic rings. The van der Waals surface area contributed by atoms with Crippen LogP contribution in [0.25, 0.3) is 10.8 Å². The third-order valence-electron chi connectivity index (χ3n) is 4.04. The Morgan fingerprint density at radius 1 is 1.33 bits per heavy atom. The lowest BCUT2D eigenvalue weighted by Crippen LogP contribution is -2.33. The molecule has 1 fully saturated rings.